The zero-order valence-corrected chi connectivity index (χ0v) is 33.5. The van der Waals surface area contributed by atoms with Gasteiger partial charge in [-0.15, -0.1) is 0 Å². The number of ether oxygens (including phenoxy) is 2. The third-order valence-corrected chi connectivity index (χ3v) is 13.3. The molecule has 4 heterocycles. The summed E-state index contributed by atoms with van der Waals surface area (Å²) in [5, 5.41) is 0.213. The predicted octanol–water partition coefficient (Wildman–Crippen LogP) is 5.80. The van der Waals surface area contributed by atoms with Crippen molar-refractivity contribution in [3.63, 3.8) is 0 Å². The number of fused-ring (bicyclic) bond motifs is 2. The molecule has 4 aliphatic heterocycles. The third kappa shape index (κ3) is 8.59. The molecule has 4 unspecified atom stereocenters. The summed E-state index contributed by atoms with van der Waals surface area (Å²) in [5.74, 6) is -4.60. The SMILES string of the molecule is COC(=O)C1=C(CCc2ccccc2NS(=O)(=O)C(F)(F)F)N=C(CC(=O)N2CCN(C3CC4CCC(C3)N4C)CC2)C(C(=O)OC)C1c1c(Cl)cccc1Cl. The Kier molecular flexibility index (Phi) is 12.7. The Labute approximate surface area is 334 Å². The summed E-state index contributed by atoms with van der Waals surface area (Å²) in [7, 11) is -1.26. The number of hydrogen-bond acceptors (Lipinski definition) is 10. The smallest absolute Gasteiger partial charge is 0.468 e. The number of carbonyl (C=O) groups is 3. The van der Waals surface area contributed by atoms with E-state index in [0.29, 0.717) is 44.3 Å². The summed E-state index contributed by atoms with van der Waals surface area (Å²) >= 11 is 13.4. The fraction of sp³-hybridized carbons (Fsp3) is 0.526. The zero-order chi connectivity index (χ0) is 40.5. The molecule has 2 aromatic rings. The van der Waals surface area contributed by atoms with Crippen LogP contribution in [0, 0.1) is 5.92 Å². The Bertz CT molecular complexity index is 1990. The van der Waals surface area contributed by atoms with E-state index in [1.807, 2.05) is 0 Å². The molecule has 304 valence electrons. The lowest BCUT2D eigenvalue weighted by molar-refractivity contribution is -0.143. The van der Waals surface area contributed by atoms with E-state index >= 15 is 0 Å². The number of aryl methyl sites for hydroxylation is 1. The van der Waals surface area contributed by atoms with Crippen LogP contribution in [0.3, 0.4) is 0 Å². The third-order valence-electron chi connectivity index (χ3n) is 11.6. The summed E-state index contributed by atoms with van der Waals surface area (Å²) in [6.45, 7) is 2.33. The molecule has 6 rings (SSSR count). The quantitative estimate of drug-likeness (QED) is 0.279. The number of sulfonamides is 1. The van der Waals surface area contributed by atoms with Crippen molar-refractivity contribution in [2.75, 3.05) is 52.2 Å². The van der Waals surface area contributed by atoms with Gasteiger partial charge in [0.1, 0.15) is 5.92 Å². The lowest BCUT2D eigenvalue weighted by Crippen LogP contribution is -2.56. The van der Waals surface area contributed by atoms with E-state index in [1.165, 1.54) is 49.2 Å². The highest BCUT2D eigenvalue weighted by molar-refractivity contribution is 7.93. The Morgan fingerprint density at radius 3 is 2.11 bits per heavy atom. The number of halogens is 5. The summed E-state index contributed by atoms with van der Waals surface area (Å²) < 4.78 is 76.0. The minimum absolute atomic E-state index is 0.0518. The van der Waals surface area contributed by atoms with Crippen LogP contribution in [0.5, 0.6) is 0 Å². The highest BCUT2D eigenvalue weighted by Gasteiger charge is 2.48. The molecule has 4 atom stereocenters. The van der Waals surface area contributed by atoms with Crippen molar-refractivity contribution in [3.05, 3.63) is 74.9 Å². The molecule has 0 spiro atoms. The molecule has 56 heavy (non-hydrogen) atoms. The van der Waals surface area contributed by atoms with E-state index in [2.05, 4.69) is 16.8 Å². The number of aliphatic imine (C=N–C) groups is 1. The van der Waals surface area contributed by atoms with E-state index in [1.54, 1.807) is 15.7 Å². The zero-order valence-electron chi connectivity index (χ0n) is 31.2. The first-order valence-electron chi connectivity index (χ1n) is 18.4. The van der Waals surface area contributed by atoms with E-state index in [9.17, 15) is 36.0 Å². The molecule has 0 saturated carbocycles. The van der Waals surface area contributed by atoms with Crippen LogP contribution in [0.25, 0.3) is 0 Å². The molecular formula is C38H44Cl2F3N5O7S. The van der Waals surface area contributed by atoms with Crippen molar-refractivity contribution in [3.8, 4) is 0 Å². The molecule has 0 radical (unpaired) electrons. The van der Waals surface area contributed by atoms with Crippen LogP contribution in [0.15, 0.2) is 58.7 Å². The second-order valence-corrected chi connectivity index (χ2v) is 17.0. The molecule has 0 aromatic heterocycles. The van der Waals surface area contributed by atoms with E-state index in [-0.39, 0.29) is 69.0 Å². The van der Waals surface area contributed by atoms with Crippen LogP contribution in [0.4, 0.5) is 18.9 Å². The number of nitrogens with one attached hydrogen (secondary N) is 1. The Balaban J connectivity index is 1.34. The molecule has 1 amide bonds. The highest BCUT2D eigenvalue weighted by Crippen LogP contribution is 2.47. The van der Waals surface area contributed by atoms with Gasteiger partial charge in [-0.25, -0.2) is 4.79 Å². The van der Waals surface area contributed by atoms with Crippen LogP contribution < -0.4 is 4.72 Å². The van der Waals surface area contributed by atoms with Gasteiger partial charge in [0.25, 0.3) is 0 Å². The number of para-hydroxylation sites is 1. The Hall–Kier alpha value is -3.70. The average Bonchev–Trinajstić information content (AvgIpc) is 3.34. The van der Waals surface area contributed by atoms with Crippen molar-refractivity contribution in [1.29, 1.82) is 0 Å². The van der Waals surface area contributed by atoms with Gasteiger partial charge in [-0.05, 0) is 74.9 Å². The molecule has 1 N–H and O–H groups in total. The van der Waals surface area contributed by atoms with Crippen LogP contribution in [0.2, 0.25) is 10.0 Å². The summed E-state index contributed by atoms with van der Waals surface area (Å²) in [6.07, 6.45) is 4.01. The second kappa shape index (κ2) is 17.0. The predicted molar refractivity (Wildman–Crippen MR) is 205 cm³/mol. The number of amides is 1. The van der Waals surface area contributed by atoms with Crippen molar-refractivity contribution in [2.24, 2.45) is 10.9 Å². The number of allylic oxidation sites excluding steroid dienone is 1. The van der Waals surface area contributed by atoms with Crippen molar-refractivity contribution < 1.29 is 45.4 Å². The number of carbonyl (C=O) groups excluding carboxylic acids is 3. The molecule has 12 nitrogen and oxygen atoms in total. The first kappa shape index (κ1) is 41.9. The first-order chi connectivity index (χ1) is 26.5. The largest absolute Gasteiger partial charge is 0.516 e. The number of nitrogens with zero attached hydrogens (tertiary/aromatic N) is 4. The average molecular weight is 843 g/mol. The standard InChI is InChI=1S/C38H44Cl2F3N5O7S/c1-46-23-12-13-24(46)20-25(19-23)47-15-17-48(18-16-47)31(49)21-30-34(37(51)55-3)35(32-26(39)8-6-9-27(32)40)33(36(50)54-2)29(44-30)14-11-22-7-4-5-10-28(22)45-56(52,53)38(41,42)43/h4-10,23-25,34-35,45H,11-21H2,1-3H3. The van der Waals surface area contributed by atoms with Crippen LogP contribution >= 0.6 is 23.2 Å². The molecule has 2 aromatic carbocycles. The number of alkyl halides is 3. The summed E-state index contributed by atoms with van der Waals surface area (Å²) in [6, 6.07) is 11.7. The molecule has 18 heteroatoms. The number of benzene rings is 2. The first-order valence-corrected chi connectivity index (χ1v) is 20.6. The lowest BCUT2D eigenvalue weighted by Gasteiger charge is -2.45. The number of esters is 2. The molecule has 0 aliphatic carbocycles. The number of rotatable bonds is 11. The maximum absolute atomic E-state index is 14.1. The number of anilines is 1. The number of piperazine rings is 1. The van der Waals surface area contributed by atoms with Gasteiger partial charge in [-0.2, -0.15) is 21.6 Å². The minimum atomic E-state index is -5.76. The van der Waals surface area contributed by atoms with Gasteiger partial charge in [-0.1, -0.05) is 47.5 Å². The lowest BCUT2D eigenvalue weighted by atomic mass is 9.73. The van der Waals surface area contributed by atoms with Gasteiger partial charge in [0.15, 0.2) is 0 Å². The van der Waals surface area contributed by atoms with Gasteiger partial charge in [0.05, 0.1) is 37.6 Å². The van der Waals surface area contributed by atoms with E-state index in [4.69, 9.17) is 37.7 Å². The fourth-order valence-corrected chi connectivity index (χ4v) is 9.87. The van der Waals surface area contributed by atoms with Gasteiger partial charge in [0.2, 0.25) is 5.91 Å². The minimum Gasteiger partial charge on any atom is -0.468 e. The normalized spacial score (nSPS) is 24.8. The molecule has 4 aliphatic rings. The summed E-state index contributed by atoms with van der Waals surface area (Å²) in [5.41, 5.74) is -5.56. The van der Waals surface area contributed by atoms with E-state index in [0.717, 1.165) is 27.1 Å². The van der Waals surface area contributed by atoms with Crippen molar-refractivity contribution >= 4 is 62.5 Å². The topological polar surface area (TPSA) is 138 Å². The van der Waals surface area contributed by atoms with Crippen molar-refractivity contribution in [1.82, 2.24) is 14.7 Å². The van der Waals surface area contributed by atoms with Crippen molar-refractivity contribution in [2.45, 2.75) is 74.5 Å². The maximum Gasteiger partial charge on any atom is 0.516 e. The van der Waals surface area contributed by atoms with Crippen LogP contribution in [-0.4, -0.2) is 118 Å². The monoisotopic (exact) mass is 841 g/mol. The Morgan fingerprint density at radius 1 is 0.893 bits per heavy atom. The molecule has 2 bridgehead atoms. The van der Waals surface area contributed by atoms with Gasteiger partial charge in [0, 0.05) is 66.0 Å². The number of piperidine rings is 1. The van der Waals surface area contributed by atoms with E-state index < -0.39 is 39.3 Å². The van der Waals surface area contributed by atoms with Crippen LogP contribution in [0.1, 0.15) is 55.6 Å². The van der Waals surface area contributed by atoms with Gasteiger partial charge < -0.3 is 19.3 Å². The fourth-order valence-electron chi connectivity index (χ4n) is 8.63. The maximum atomic E-state index is 14.1. The molecule has 3 fully saturated rings. The number of hydrogen-bond donors (Lipinski definition) is 1. The van der Waals surface area contributed by atoms with Gasteiger partial charge >= 0.3 is 27.5 Å². The second-order valence-electron chi connectivity index (χ2n) is 14.5. The van der Waals surface area contributed by atoms with Crippen LogP contribution in [-0.2, 0) is 40.3 Å². The molecular weight excluding hydrogens is 798 g/mol. The van der Waals surface area contributed by atoms with Gasteiger partial charge in [-0.3, -0.25) is 24.2 Å². The number of methoxy groups -OCH3 is 2. The highest BCUT2D eigenvalue weighted by atomic mass is 35.5. The molecule has 3 saturated heterocycles. The summed E-state index contributed by atoms with van der Waals surface area (Å²) in [4.78, 5) is 53.1. The Morgan fingerprint density at radius 2 is 1.52 bits per heavy atom.